The summed E-state index contributed by atoms with van der Waals surface area (Å²) in [6.07, 6.45) is -3.39. The van der Waals surface area contributed by atoms with Crippen molar-refractivity contribution in [2.45, 2.75) is 47.8 Å². The van der Waals surface area contributed by atoms with E-state index < -0.39 is 40.8 Å². The van der Waals surface area contributed by atoms with Crippen LogP contribution in [0.5, 0.6) is 0 Å². The molecule has 3 aromatic rings. The molecule has 0 unspecified atom stereocenters. The SMILES string of the molecule is O=C1O[C@H]2[C@H](O)[C@@H](COCc3ccccc3)O[C@@H](Sc3ccccc3)[C@@H]2N1Cc1ccccc1[N+](=O)[O-]. The van der Waals surface area contributed by atoms with E-state index in [1.165, 1.54) is 22.7 Å². The van der Waals surface area contributed by atoms with Crippen LogP contribution in [0.25, 0.3) is 0 Å². The normalized spacial score (nSPS) is 24.9. The largest absolute Gasteiger partial charge is 0.441 e. The summed E-state index contributed by atoms with van der Waals surface area (Å²) in [5.41, 5.74) is 0.672. The smallest absolute Gasteiger partial charge is 0.411 e. The van der Waals surface area contributed by atoms with Gasteiger partial charge in [0.15, 0.2) is 6.10 Å². The Balaban J connectivity index is 1.38. The molecular weight excluding hydrogens is 496 g/mol. The third-order valence-electron chi connectivity index (χ3n) is 6.39. The summed E-state index contributed by atoms with van der Waals surface area (Å²) in [4.78, 5) is 26.4. The summed E-state index contributed by atoms with van der Waals surface area (Å²) < 4.78 is 17.8. The molecule has 10 heteroatoms. The van der Waals surface area contributed by atoms with Gasteiger partial charge in [0, 0.05) is 16.5 Å². The van der Waals surface area contributed by atoms with Crippen LogP contribution in [0.4, 0.5) is 10.5 Å². The summed E-state index contributed by atoms with van der Waals surface area (Å²) in [6.45, 7) is 0.405. The van der Waals surface area contributed by atoms with Crippen LogP contribution in [-0.2, 0) is 27.4 Å². The number of aliphatic hydroxyl groups is 1. The van der Waals surface area contributed by atoms with E-state index in [1.807, 2.05) is 60.7 Å². The lowest BCUT2D eigenvalue weighted by Crippen LogP contribution is -2.59. The Kier molecular flexibility index (Phi) is 7.71. The number of benzene rings is 3. The van der Waals surface area contributed by atoms with Crippen LogP contribution in [0.15, 0.2) is 89.8 Å². The first-order valence-corrected chi connectivity index (χ1v) is 12.8. The van der Waals surface area contributed by atoms with Crippen molar-refractivity contribution in [3.63, 3.8) is 0 Å². The highest BCUT2D eigenvalue weighted by Crippen LogP contribution is 2.41. The average molecular weight is 523 g/mol. The highest BCUT2D eigenvalue weighted by atomic mass is 32.2. The van der Waals surface area contributed by atoms with Crippen LogP contribution in [0, 0.1) is 10.1 Å². The first-order valence-electron chi connectivity index (χ1n) is 11.9. The molecule has 2 heterocycles. The number of thioether (sulfide) groups is 1. The summed E-state index contributed by atoms with van der Waals surface area (Å²) in [7, 11) is 0. The van der Waals surface area contributed by atoms with Gasteiger partial charge in [-0.25, -0.2) is 4.79 Å². The van der Waals surface area contributed by atoms with Gasteiger partial charge in [-0.15, -0.1) is 0 Å². The molecule has 0 aliphatic carbocycles. The van der Waals surface area contributed by atoms with E-state index in [2.05, 4.69) is 0 Å². The topological polar surface area (TPSA) is 111 Å². The van der Waals surface area contributed by atoms with Crippen LogP contribution in [0.3, 0.4) is 0 Å². The molecule has 0 radical (unpaired) electrons. The second kappa shape index (κ2) is 11.3. The molecule has 0 aromatic heterocycles. The van der Waals surface area contributed by atoms with Crippen molar-refractivity contribution in [3.05, 3.63) is 106 Å². The number of aliphatic hydroxyl groups excluding tert-OH is 1. The van der Waals surface area contributed by atoms with Crippen LogP contribution in [0.1, 0.15) is 11.1 Å². The Morgan fingerprint density at radius 3 is 2.41 bits per heavy atom. The molecule has 1 N–H and O–H groups in total. The molecule has 37 heavy (non-hydrogen) atoms. The molecule has 0 spiro atoms. The Labute approximate surface area is 218 Å². The maximum atomic E-state index is 13.0. The van der Waals surface area contributed by atoms with Gasteiger partial charge in [0.2, 0.25) is 0 Å². The Bertz CT molecular complexity index is 1230. The fourth-order valence-electron chi connectivity index (χ4n) is 4.58. The zero-order valence-corrected chi connectivity index (χ0v) is 20.6. The number of rotatable bonds is 9. The zero-order valence-electron chi connectivity index (χ0n) is 19.8. The van der Waals surface area contributed by atoms with E-state index in [1.54, 1.807) is 18.2 Å². The number of nitro groups is 1. The lowest BCUT2D eigenvalue weighted by Gasteiger charge is -2.41. The van der Waals surface area contributed by atoms with Crippen molar-refractivity contribution < 1.29 is 29.0 Å². The number of ether oxygens (including phenoxy) is 3. The number of amides is 1. The van der Waals surface area contributed by atoms with Crippen LogP contribution in [-0.4, -0.2) is 57.4 Å². The molecule has 0 saturated carbocycles. The Morgan fingerprint density at radius 1 is 1.00 bits per heavy atom. The van der Waals surface area contributed by atoms with Gasteiger partial charge < -0.3 is 19.3 Å². The maximum absolute atomic E-state index is 13.0. The third kappa shape index (κ3) is 5.62. The van der Waals surface area contributed by atoms with Gasteiger partial charge >= 0.3 is 6.09 Å². The first-order chi connectivity index (χ1) is 18.0. The highest BCUT2D eigenvalue weighted by Gasteiger charge is 2.56. The van der Waals surface area contributed by atoms with E-state index >= 15 is 0 Å². The van der Waals surface area contributed by atoms with Crippen molar-refractivity contribution in [2.75, 3.05) is 6.61 Å². The van der Waals surface area contributed by atoms with Crippen molar-refractivity contribution >= 4 is 23.5 Å². The van der Waals surface area contributed by atoms with E-state index in [0.29, 0.717) is 12.2 Å². The Hall–Kier alpha value is -3.44. The van der Waals surface area contributed by atoms with Crippen LogP contribution in [0.2, 0.25) is 0 Å². The van der Waals surface area contributed by atoms with Gasteiger partial charge in [0.1, 0.15) is 23.7 Å². The highest BCUT2D eigenvalue weighted by molar-refractivity contribution is 7.99. The van der Waals surface area contributed by atoms with E-state index in [4.69, 9.17) is 14.2 Å². The predicted octanol–water partition coefficient (Wildman–Crippen LogP) is 4.38. The van der Waals surface area contributed by atoms with E-state index in [-0.39, 0.29) is 18.8 Å². The van der Waals surface area contributed by atoms with Gasteiger partial charge in [-0.3, -0.25) is 15.0 Å². The molecular formula is C27H26N2O7S. The van der Waals surface area contributed by atoms with Crippen LogP contribution >= 0.6 is 11.8 Å². The summed E-state index contributed by atoms with van der Waals surface area (Å²) in [5.74, 6) is 0. The third-order valence-corrected chi connectivity index (χ3v) is 7.56. The minimum absolute atomic E-state index is 0.0474. The molecule has 2 saturated heterocycles. The molecule has 192 valence electrons. The second-order valence-corrected chi connectivity index (χ2v) is 9.99. The molecule has 2 fully saturated rings. The number of hydrogen-bond acceptors (Lipinski definition) is 8. The molecule has 0 bridgehead atoms. The van der Waals surface area contributed by atoms with Crippen molar-refractivity contribution in [1.29, 1.82) is 0 Å². The number of para-hydroxylation sites is 1. The number of carbonyl (C=O) groups is 1. The zero-order chi connectivity index (χ0) is 25.8. The number of nitro benzene ring substituents is 1. The lowest BCUT2D eigenvalue weighted by molar-refractivity contribution is -0.385. The molecule has 5 rings (SSSR count). The first kappa shape index (κ1) is 25.2. The average Bonchev–Trinajstić information content (AvgIpc) is 3.24. The number of fused-ring (bicyclic) bond motifs is 1. The van der Waals surface area contributed by atoms with Crippen molar-refractivity contribution in [2.24, 2.45) is 0 Å². The molecule has 1 amide bonds. The fourth-order valence-corrected chi connectivity index (χ4v) is 5.81. The number of nitrogens with zero attached hydrogens (tertiary/aromatic N) is 2. The van der Waals surface area contributed by atoms with E-state index in [9.17, 15) is 20.0 Å². The summed E-state index contributed by atoms with van der Waals surface area (Å²) in [5, 5.41) is 22.7. The van der Waals surface area contributed by atoms with Gasteiger partial charge in [-0.2, -0.15) is 0 Å². The molecule has 5 atom stereocenters. The molecule has 2 aliphatic rings. The minimum atomic E-state index is -1.13. The standard InChI is InChI=1S/C27H26N2O7S/c30-24-22(17-34-16-18-9-3-1-4-10-18)35-26(37-20-12-5-2-6-13-20)23-25(24)36-27(31)28(23)15-19-11-7-8-14-21(19)29(32)33/h1-14,22-26,30H,15-17H2/t22-,23-,24-,25-,26+/m1/s1. The predicted molar refractivity (Wildman–Crippen MR) is 136 cm³/mol. The summed E-state index contributed by atoms with van der Waals surface area (Å²) >= 11 is 1.41. The maximum Gasteiger partial charge on any atom is 0.411 e. The van der Waals surface area contributed by atoms with E-state index in [0.717, 1.165) is 10.5 Å². The Morgan fingerprint density at radius 2 is 1.68 bits per heavy atom. The minimum Gasteiger partial charge on any atom is -0.441 e. The number of carbonyl (C=O) groups excluding carboxylic acids is 1. The molecule has 9 nitrogen and oxygen atoms in total. The fraction of sp³-hybridized carbons (Fsp3) is 0.296. The van der Waals surface area contributed by atoms with Gasteiger partial charge in [0.25, 0.3) is 5.69 Å². The molecule has 2 aliphatic heterocycles. The van der Waals surface area contributed by atoms with Crippen molar-refractivity contribution in [3.8, 4) is 0 Å². The number of hydrogen-bond donors (Lipinski definition) is 1. The monoisotopic (exact) mass is 522 g/mol. The van der Waals surface area contributed by atoms with Gasteiger partial charge in [-0.1, -0.05) is 78.5 Å². The lowest BCUT2D eigenvalue weighted by atomic mass is 9.97. The molecule has 3 aromatic carbocycles. The van der Waals surface area contributed by atoms with Gasteiger partial charge in [0.05, 0.1) is 24.7 Å². The summed E-state index contributed by atoms with van der Waals surface area (Å²) in [6, 6.07) is 24.8. The van der Waals surface area contributed by atoms with Gasteiger partial charge in [-0.05, 0) is 17.7 Å². The second-order valence-electron chi connectivity index (χ2n) is 8.82. The quantitative estimate of drug-likeness (QED) is 0.326. The van der Waals surface area contributed by atoms with Crippen LogP contribution < -0.4 is 0 Å². The van der Waals surface area contributed by atoms with Crippen molar-refractivity contribution in [1.82, 2.24) is 4.90 Å².